The number of ether oxygens (including phenoxy) is 1. The van der Waals surface area contributed by atoms with Crippen molar-refractivity contribution in [3.05, 3.63) is 42.6 Å². The first-order chi connectivity index (χ1) is 16.1. The zero-order chi connectivity index (χ0) is 22.8. The average molecular weight is 450 g/mol. The number of carbonyl (C=O) groups is 2. The van der Waals surface area contributed by atoms with Gasteiger partial charge >= 0.3 is 0 Å². The maximum Gasteiger partial charge on any atom is 0.229 e. The summed E-state index contributed by atoms with van der Waals surface area (Å²) in [5, 5.41) is 11.1. The maximum absolute atomic E-state index is 12.7. The highest BCUT2D eigenvalue weighted by molar-refractivity contribution is 5.93. The van der Waals surface area contributed by atoms with Crippen LogP contribution < -0.4 is 15.0 Å². The molecule has 3 atom stereocenters. The third kappa shape index (κ3) is 5.10. The zero-order valence-electron chi connectivity index (χ0n) is 19.0. The number of piperidine rings is 1. The van der Waals surface area contributed by atoms with Crippen LogP contribution in [0.3, 0.4) is 0 Å². The Hall–Kier alpha value is -3.16. The first-order valence-electron chi connectivity index (χ1n) is 12.0. The van der Waals surface area contributed by atoms with Crippen molar-refractivity contribution in [3.8, 4) is 5.75 Å². The lowest BCUT2D eigenvalue weighted by molar-refractivity contribution is -0.134. The predicted molar refractivity (Wildman–Crippen MR) is 125 cm³/mol. The van der Waals surface area contributed by atoms with Gasteiger partial charge in [-0.2, -0.15) is 5.10 Å². The van der Waals surface area contributed by atoms with E-state index >= 15 is 0 Å². The number of aromatic nitrogens is 2. The van der Waals surface area contributed by atoms with Crippen LogP contribution in [0.1, 0.15) is 32.6 Å². The lowest BCUT2D eigenvalue weighted by Gasteiger charge is -2.32. The molecule has 3 unspecified atom stereocenters. The normalized spacial score (nSPS) is 25.1. The van der Waals surface area contributed by atoms with Gasteiger partial charge in [0, 0.05) is 56.8 Å². The monoisotopic (exact) mass is 449 g/mol. The summed E-state index contributed by atoms with van der Waals surface area (Å²) in [5.74, 6) is 2.69. The zero-order valence-corrected chi connectivity index (χ0v) is 19.0. The number of hydrogen-bond acceptors (Lipinski definition) is 6. The Bertz CT molecular complexity index is 975. The Kier molecular flexibility index (Phi) is 6.15. The van der Waals surface area contributed by atoms with Gasteiger partial charge in [-0.15, -0.1) is 5.10 Å². The van der Waals surface area contributed by atoms with Gasteiger partial charge in [0.1, 0.15) is 11.9 Å². The van der Waals surface area contributed by atoms with E-state index in [4.69, 9.17) is 4.74 Å². The van der Waals surface area contributed by atoms with Crippen molar-refractivity contribution in [2.75, 3.05) is 36.4 Å². The Morgan fingerprint density at radius 3 is 2.48 bits per heavy atom. The average Bonchev–Trinajstić information content (AvgIpc) is 3.37. The second kappa shape index (κ2) is 9.37. The van der Waals surface area contributed by atoms with E-state index in [1.165, 1.54) is 0 Å². The molecule has 1 N–H and O–H groups in total. The fourth-order valence-electron chi connectivity index (χ4n) is 4.79. The molecule has 8 nitrogen and oxygen atoms in total. The van der Waals surface area contributed by atoms with E-state index in [-0.39, 0.29) is 23.8 Å². The fraction of sp³-hybridized carbons (Fsp3) is 0.520. The van der Waals surface area contributed by atoms with Crippen molar-refractivity contribution in [1.82, 2.24) is 15.1 Å². The largest absolute Gasteiger partial charge is 0.490 e. The van der Waals surface area contributed by atoms with E-state index in [1.54, 1.807) is 6.20 Å². The summed E-state index contributed by atoms with van der Waals surface area (Å²) in [7, 11) is 0. The van der Waals surface area contributed by atoms with Gasteiger partial charge in [0.05, 0.1) is 5.92 Å². The molecule has 1 aliphatic carbocycles. The van der Waals surface area contributed by atoms with Crippen LogP contribution in [0, 0.1) is 17.8 Å². The molecule has 1 aromatic heterocycles. The second-order valence-electron chi connectivity index (χ2n) is 9.49. The molecule has 174 valence electrons. The maximum atomic E-state index is 12.7. The third-order valence-electron chi connectivity index (χ3n) is 7.05. The standard InChI is InChI=1S/C25H31N5O3/c1-17-15-22(17)25(32)29-13-9-21(10-14-29)33-20-6-4-19(5-7-20)27-24(31)18-8-12-30(16-18)23-3-2-11-26-28-23/h2-7,11,17-18,21-22H,8-10,12-16H2,1H3,(H,27,31). The topological polar surface area (TPSA) is 87.7 Å². The van der Waals surface area contributed by atoms with E-state index < -0.39 is 0 Å². The van der Waals surface area contributed by atoms with Crippen LogP contribution in [-0.2, 0) is 9.59 Å². The van der Waals surface area contributed by atoms with Crippen LogP contribution in [0.4, 0.5) is 11.5 Å². The van der Waals surface area contributed by atoms with Gasteiger partial charge in [0.25, 0.3) is 0 Å². The number of benzene rings is 1. The van der Waals surface area contributed by atoms with Crippen LogP contribution in [0.15, 0.2) is 42.6 Å². The van der Waals surface area contributed by atoms with Crippen molar-refractivity contribution in [2.24, 2.45) is 17.8 Å². The number of carbonyl (C=O) groups excluding carboxylic acids is 2. The number of amides is 2. The van der Waals surface area contributed by atoms with Gasteiger partial charge in [-0.3, -0.25) is 9.59 Å². The Balaban J connectivity index is 1.07. The highest BCUT2D eigenvalue weighted by Crippen LogP contribution is 2.39. The summed E-state index contributed by atoms with van der Waals surface area (Å²) < 4.78 is 6.13. The second-order valence-corrected chi connectivity index (χ2v) is 9.49. The third-order valence-corrected chi connectivity index (χ3v) is 7.05. The molecule has 8 heteroatoms. The number of nitrogens with one attached hydrogen (secondary N) is 1. The fourth-order valence-corrected chi connectivity index (χ4v) is 4.79. The smallest absolute Gasteiger partial charge is 0.229 e. The number of rotatable bonds is 6. The Labute approximate surface area is 194 Å². The predicted octanol–water partition coefficient (Wildman–Crippen LogP) is 2.97. The van der Waals surface area contributed by atoms with Gasteiger partial charge < -0.3 is 19.9 Å². The molecule has 2 saturated heterocycles. The van der Waals surface area contributed by atoms with Crippen LogP contribution in [0.2, 0.25) is 0 Å². The molecule has 1 saturated carbocycles. The Morgan fingerprint density at radius 2 is 1.82 bits per heavy atom. The van der Waals surface area contributed by atoms with Gasteiger partial charge in [-0.05, 0) is 55.2 Å². The molecule has 2 aromatic rings. The summed E-state index contributed by atoms with van der Waals surface area (Å²) in [6.07, 6.45) is 5.32. The van der Waals surface area contributed by atoms with E-state index in [9.17, 15) is 9.59 Å². The molecule has 3 heterocycles. The van der Waals surface area contributed by atoms with Gasteiger partial charge in [-0.1, -0.05) is 6.92 Å². The van der Waals surface area contributed by atoms with Crippen LogP contribution in [0.25, 0.3) is 0 Å². The van der Waals surface area contributed by atoms with Gasteiger partial charge in [-0.25, -0.2) is 0 Å². The molecule has 3 fully saturated rings. The molecule has 2 aliphatic heterocycles. The molecular formula is C25H31N5O3. The van der Waals surface area contributed by atoms with Crippen molar-refractivity contribution in [1.29, 1.82) is 0 Å². The molecule has 0 radical (unpaired) electrons. The lowest BCUT2D eigenvalue weighted by atomic mass is 10.1. The molecule has 2 amide bonds. The summed E-state index contributed by atoms with van der Waals surface area (Å²) in [4.78, 5) is 29.2. The summed E-state index contributed by atoms with van der Waals surface area (Å²) in [6.45, 7) is 5.13. The minimum Gasteiger partial charge on any atom is -0.490 e. The lowest BCUT2D eigenvalue weighted by Crippen LogP contribution is -2.42. The van der Waals surface area contributed by atoms with E-state index in [1.807, 2.05) is 41.3 Å². The van der Waals surface area contributed by atoms with Crippen LogP contribution in [-0.4, -0.2) is 59.2 Å². The van der Waals surface area contributed by atoms with Crippen molar-refractivity contribution >= 4 is 23.3 Å². The van der Waals surface area contributed by atoms with Crippen LogP contribution >= 0.6 is 0 Å². The van der Waals surface area contributed by atoms with Gasteiger partial charge in [0.2, 0.25) is 11.8 Å². The first kappa shape index (κ1) is 21.7. The molecule has 33 heavy (non-hydrogen) atoms. The minimum absolute atomic E-state index is 0.0251. The summed E-state index contributed by atoms with van der Waals surface area (Å²) in [5.41, 5.74) is 0.768. The van der Waals surface area contributed by atoms with E-state index in [0.29, 0.717) is 18.4 Å². The van der Waals surface area contributed by atoms with Gasteiger partial charge in [0.15, 0.2) is 5.82 Å². The molecular weight excluding hydrogens is 418 g/mol. The highest BCUT2D eigenvalue weighted by atomic mass is 16.5. The number of anilines is 2. The van der Waals surface area contributed by atoms with E-state index in [2.05, 4.69) is 27.3 Å². The number of likely N-dealkylation sites (tertiary alicyclic amines) is 1. The first-order valence-corrected chi connectivity index (χ1v) is 12.0. The van der Waals surface area contributed by atoms with Crippen LogP contribution in [0.5, 0.6) is 5.75 Å². The molecule has 3 aliphatic rings. The molecule has 0 bridgehead atoms. The van der Waals surface area contributed by atoms with Crippen molar-refractivity contribution < 1.29 is 14.3 Å². The SMILES string of the molecule is CC1CC1C(=O)N1CCC(Oc2ccc(NC(=O)C3CCN(c4cccnn4)C3)cc2)CC1. The Morgan fingerprint density at radius 1 is 1.06 bits per heavy atom. The quantitative estimate of drug-likeness (QED) is 0.730. The highest BCUT2D eigenvalue weighted by Gasteiger charge is 2.42. The number of hydrogen-bond donors (Lipinski definition) is 1. The minimum atomic E-state index is -0.0746. The molecule has 0 spiro atoms. The summed E-state index contributed by atoms with van der Waals surface area (Å²) >= 11 is 0. The molecule has 5 rings (SSSR count). The number of nitrogens with zero attached hydrogens (tertiary/aromatic N) is 4. The van der Waals surface area contributed by atoms with Crippen molar-refractivity contribution in [2.45, 2.75) is 38.7 Å². The van der Waals surface area contributed by atoms with Crippen molar-refractivity contribution in [3.63, 3.8) is 0 Å². The van der Waals surface area contributed by atoms with E-state index in [0.717, 1.165) is 62.6 Å². The summed E-state index contributed by atoms with van der Waals surface area (Å²) in [6, 6.07) is 11.3. The molecule has 1 aromatic carbocycles.